The van der Waals surface area contributed by atoms with E-state index in [1.807, 2.05) is 53.7 Å². The van der Waals surface area contributed by atoms with E-state index in [1.54, 1.807) is 36.7 Å². The van der Waals surface area contributed by atoms with E-state index >= 15 is 8.78 Å². The first-order valence-electron chi connectivity index (χ1n) is 32.2. The Bertz CT molecular complexity index is 4730. The van der Waals surface area contributed by atoms with E-state index in [2.05, 4.69) is 74.9 Å². The number of nitrogens with one attached hydrogen (secondary N) is 2. The fraction of sp³-hybridized carbons (Fsp3) is 0.333. The van der Waals surface area contributed by atoms with Gasteiger partial charge in [-0.25, -0.2) is 47.7 Å². The van der Waals surface area contributed by atoms with Crippen molar-refractivity contribution < 1.29 is 27.8 Å². The minimum Gasteiger partial charge on any atom is -0.457 e. The summed E-state index contributed by atoms with van der Waals surface area (Å²) in [5, 5.41) is 24.2. The lowest BCUT2D eigenvalue weighted by Crippen LogP contribution is -2.29. The van der Waals surface area contributed by atoms with Crippen LogP contribution < -0.4 is 32.9 Å². The molecule has 0 atom stereocenters. The molecule has 0 radical (unpaired) electrons. The van der Waals surface area contributed by atoms with Crippen molar-refractivity contribution in [1.29, 1.82) is 0 Å². The molecule has 0 amide bonds. The zero-order valence-corrected chi connectivity index (χ0v) is 56.1. The number of piperidine rings is 2. The van der Waals surface area contributed by atoms with Crippen LogP contribution in [-0.4, -0.2) is 121 Å². The molecular weight excluding hydrogens is 1250 g/mol. The van der Waals surface area contributed by atoms with Crippen molar-refractivity contribution in [2.75, 3.05) is 50.9 Å². The Kier molecular flexibility index (Phi) is 18.7. The van der Waals surface area contributed by atoms with Gasteiger partial charge in [-0.3, -0.25) is 19.2 Å². The van der Waals surface area contributed by atoms with Gasteiger partial charge in [-0.05, 0) is 172 Å². The van der Waals surface area contributed by atoms with Gasteiger partial charge in [0.1, 0.15) is 47.9 Å². The highest BCUT2D eigenvalue weighted by Gasteiger charge is 2.28. The van der Waals surface area contributed by atoms with Crippen LogP contribution in [0.5, 0.6) is 0 Å². The van der Waals surface area contributed by atoms with Crippen molar-refractivity contribution in [3.05, 3.63) is 209 Å². The molecule has 2 saturated heterocycles. The molecule has 10 heterocycles. The number of carbonyl (C=O) groups excluding carboxylic acids is 2. The Morgan fingerprint density at radius 1 is 0.520 bits per heavy atom. The zero-order chi connectivity index (χ0) is 69.5. The average molecular weight is 1330 g/mol. The number of benzene rings is 2. The van der Waals surface area contributed by atoms with Crippen molar-refractivity contribution in [2.24, 2.45) is 14.1 Å². The van der Waals surface area contributed by atoms with Crippen molar-refractivity contribution in [1.82, 2.24) is 68.9 Å². The minimum absolute atomic E-state index is 0.0430. The number of likely N-dealkylation sites (tertiary alicyclic amines) is 2. The van der Waals surface area contributed by atoms with Crippen LogP contribution in [0.3, 0.4) is 0 Å². The summed E-state index contributed by atoms with van der Waals surface area (Å²) in [4.78, 5) is 107. The molecule has 2 N–H and O–H groups in total. The number of aromatic nitrogens is 12. The molecule has 0 unspecified atom stereocenters. The second-order valence-electron chi connectivity index (χ2n) is 27.0. The molecule has 2 aliphatic heterocycles. The topological polar surface area (TPSA) is 274 Å². The van der Waals surface area contributed by atoms with Gasteiger partial charge in [0.05, 0.1) is 34.6 Å². The Hall–Kier alpha value is -10.9. The van der Waals surface area contributed by atoms with Gasteiger partial charge in [-0.15, -0.1) is 0 Å². The van der Waals surface area contributed by atoms with Crippen LogP contribution in [0.4, 0.5) is 31.8 Å². The number of halogens is 2. The van der Waals surface area contributed by atoms with Crippen LogP contribution in [0.25, 0.3) is 55.7 Å². The minimum atomic E-state index is -1.08. The predicted octanol–water partition coefficient (Wildman–Crippen LogP) is 9.51. The number of aryl methyl sites for hydroxylation is 2. The van der Waals surface area contributed by atoms with Crippen molar-refractivity contribution in [3.63, 3.8) is 0 Å². The molecule has 12 rings (SSSR count). The molecule has 0 saturated carbocycles. The maximum absolute atomic E-state index is 16.2. The van der Waals surface area contributed by atoms with E-state index < -0.39 is 69.9 Å². The first-order valence-corrected chi connectivity index (χ1v) is 32.2. The summed E-state index contributed by atoms with van der Waals surface area (Å²) in [6.45, 7) is 14.0. The molecule has 24 nitrogen and oxygen atoms in total. The number of hydrogen-bond donors (Lipinski definition) is 2. The number of pyridine rings is 4. The van der Waals surface area contributed by atoms with E-state index in [-0.39, 0.29) is 78.2 Å². The van der Waals surface area contributed by atoms with E-state index in [1.165, 1.54) is 75.3 Å². The third-order valence-electron chi connectivity index (χ3n) is 18.1. The van der Waals surface area contributed by atoms with E-state index in [4.69, 9.17) is 9.47 Å². The maximum atomic E-state index is 16.2. The summed E-state index contributed by atoms with van der Waals surface area (Å²) in [6, 6.07) is 19.6. The summed E-state index contributed by atoms with van der Waals surface area (Å²) in [5.41, 5.74) is 0.730. The molecular formula is C72H74F2N16O8. The van der Waals surface area contributed by atoms with Crippen molar-refractivity contribution in [3.8, 4) is 34.2 Å². The third-order valence-corrected chi connectivity index (χ3v) is 18.1. The number of esters is 2. The molecule has 98 heavy (non-hydrogen) atoms. The molecule has 10 aromatic rings. The van der Waals surface area contributed by atoms with Gasteiger partial charge < -0.3 is 29.9 Å². The van der Waals surface area contributed by atoms with Crippen LogP contribution in [0.2, 0.25) is 0 Å². The van der Waals surface area contributed by atoms with Crippen LogP contribution in [0.1, 0.15) is 112 Å². The summed E-state index contributed by atoms with van der Waals surface area (Å²) >= 11 is 0. The second kappa shape index (κ2) is 27.3. The Morgan fingerprint density at radius 3 is 1.27 bits per heavy atom. The van der Waals surface area contributed by atoms with Crippen LogP contribution in [-0.2, 0) is 57.2 Å². The Morgan fingerprint density at radius 2 is 0.908 bits per heavy atom. The molecule has 26 heteroatoms. The molecule has 504 valence electrons. The van der Waals surface area contributed by atoms with Gasteiger partial charge in [0.2, 0.25) is 0 Å². The SMILES string of the molecule is CN1CCC(c2ccc(Nc3cc(-c4ccnc(-n5ncc6cc(C(C)(C)C)cc(F)c6c5=O)c4COC(=O)/C=C/C(=O)OCc4c(-c5cc(Nc6ccc(C7CCN(C)CC7)cn6)c(=O)n(C)n5)ccnc4-n4ncc5cc(C(C)(C)C)cc(F)c5c4=O)nn(C)c3=O)nc2)CC1. The second-order valence-corrected chi connectivity index (χ2v) is 27.0. The highest BCUT2D eigenvalue weighted by atomic mass is 19.1. The smallest absolute Gasteiger partial charge is 0.331 e. The van der Waals surface area contributed by atoms with Crippen LogP contribution >= 0.6 is 0 Å². The molecule has 2 aliphatic rings. The standard InChI is InChI=1S/C72H74F2N16O8/c1-71(2,3)47-29-45-37-79-89(69(95)63(45)53(73)31-47)65-51(49(17-23-75-65)55-33-57(67(93)87(9)83-55)81-59-13-11-43(35-77-59)41-19-25-85(7)26-20-41)39-97-61(91)15-16-62(92)98-40-52-50(18-24-76-66(52)90-70(96)64-46(38-80-90)30-48(32-54(64)74)72(4,5)6)56-34-58(68(94)88(10)84-56)82-60-14-12-44(36-78-60)42-21-27-86(8)28-22-42/h11-18,23-24,29-38,41-42H,19-22,25-28,39-40H2,1-10H3,(H,77,81)(H,78,82)/b16-15+. The van der Waals surface area contributed by atoms with E-state index in [9.17, 15) is 28.8 Å². The first kappa shape index (κ1) is 67.1. The third kappa shape index (κ3) is 14.2. The molecule has 8 aromatic heterocycles. The number of ether oxygens (including phenoxy) is 2. The largest absolute Gasteiger partial charge is 0.457 e. The van der Waals surface area contributed by atoms with Gasteiger partial charge in [-0.2, -0.15) is 29.8 Å². The van der Waals surface area contributed by atoms with Gasteiger partial charge in [-0.1, -0.05) is 53.7 Å². The predicted molar refractivity (Wildman–Crippen MR) is 367 cm³/mol. The van der Waals surface area contributed by atoms with Crippen molar-refractivity contribution in [2.45, 2.75) is 103 Å². The Labute approximate surface area is 561 Å². The maximum Gasteiger partial charge on any atom is 0.331 e. The fourth-order valence-electron chi connectivity index (χ4n) is 12.3. The van der Waals surface area contributed by atoms with Crippen LogP contribution in [0.15, 0.2) is 141 Å². The number of rotatable bonds is 16. The Balaban J connectivity index is 0.855. The van der Waals surface area contributed by atoms with E-state index in [0.29, 0.717) is 34.6 Å². The normalized spacial score (nSPS) is 14.5. The monoisotopic (exact) mass is 1330 g/mol. The summed E-state index contributed by atoms with van der Waals surface area (Å²) in [6.07, 6.45) is 14.6. The number of fused-ring (bicyclic) bond motifs is 2. The zero-order valence-electron chi connectivity index (χ0n) is 56.1. The molecule has 0 bridgehead atoms. The average Bonchev–Trinajstić information content (AvgIpc) is 0.764. The number of hydrogen-bond acceptors (Lipinski definition) is 20. The van der Waals surface area contributed by atoms with Crippen LogP contribution in [0, 0.1) is 11.6 Å². The van der Waals surface area contributed by atoms with Gasteiger partial charge in [0.25, 0.3) is 22.2 Å². The molecule has 2 aromatic carbocycles. The van der Waals surface area contributed by atoms with E-state index in [0.717, 1.165) is 93.9 Å². The highest BCUT2D eigenvalue weighted by molar-refractivity contribution is 5.92. The summed E-state index contributed by atoms with van der Waals surface area (Å²) in [5.74, 6) is -2.63. The number of anilines is 4. The fourth-order valence-corrected chi connectivity index (χ4v) is 12.3. The van der Waals surface area contributed by atoms with Gasteiger partial charge >= 0.3 is 11.9 Å². The molecule has 2 fully saturated rings. The van der Waals surface area contributed by atoms with Crippen molar-refractivity contribution >= 4 is 56.5 Å². The molecule has 0 spiro atoms. The quantitative estimate of drug-likeness (QED) is 0.0673. The lowest BCUT2D eigenvalue weighted by molar-refractivity contribution is -0.141. The number of nitrogens with zero attached hydrogens (tertiary/aromatic N) is 14. The highest BCUT2D eigenvalue weighted by Crippen LogP contribution is 2.35. The first-order chi connectivity index (χ1) is 46.8. The van der Waals surface area contributed by atoms with Gasteiger partial charge in [0.15, 0.2) is 11.6 Å². The number of carbonyl (C=O) groups is 2. The lowest BCUT2D eigenvalue weighted by atomic mass is 9.86. The van der Waals surface area contributed by atoms with Gasteiger partial charge in [0, 0.05) is 84.1 Å². The summed E-state index contributed by atoms with van der Waals surface area (Å²) < 4.78 is 48.0. The lowest BCUT2D eigenvalue weighted by Gasteiger charge is -2.29. The molecule has 0 aliphatic carbocycles. The summed E-state index contributed by atoms with van der Waals surface area (Å²) in [7, 11) is 7.10.